The fourth-order valence-electron chi connectivity index (χ4n) is 4.38. The third-order valence-electron chi connectivity index (χ3n) is 6.00. The molecule has 0 radical (unpaired) electrons. The Labute approximate surface area is 179 Å². The number of nitrogens with zero attached hydrogens (tertiary/aromatic N) is 2. The number of carbonyl (C=O) groups excluding carboxylic acids is 1. The van der Waals surface area contributed by atoms with E-state index in [0.29, 0.717) is 18.7 Å². The average molecular weight is 413 g/mol. The summed E-state index contributed by atoms with van der Waals surface area (Å²) in [7, 11) is 4.07. The van der Waals surface area contributed by atoms with Gasteiger partial charge in [0.1, 0.15) is 0 Å². The lowest BCUT2D eigenvalue weighted by Gasteiger charge is -2.29. The van der Waals surface area contributed by atoms with Crippen LogP contribution in [-0.2, 0) is 6.54 Å². The summed E-state index contributed by atoms with van der Waals surface area (Å²) in [5.74, 6) is 0. The summed E-state index contributed by atoms with van der Waals surface area (Å²) in [6.07, 6.45) is 6.57. The molecule has 30 heavy (non-hydrogen) atoms. The minimum Gasteiger partial charge on any atom is -0.335 e. The molecule has 0 unspecified atom stereocenters. The fraction of sp³-hybridized carbons (Fsp3) is 0.583. The van der Waals surface area contributed by atoms with Gasteiger partial charge in [-0.1, -0.05) is 25.3 Å². The van der Waals surface area contributed by atoms with Crippen molar-refractivity contribution >= 4 is 16.9 Å². The minimum atomic E-state index is -0.115. The molecule has 1 fully saturated rings. The van der Waals surface area contributed by atoms with Crippen molar-refractivity contribution in [1.82, 2.24) is 20.1 Å². The van der Waals surface area contributed by atoms with Crippen molar-refractivity contribution in [2.75, 3.05) is 27.2 Å². The van der Waals surface area contributed by atoms with Crippen LogP contribution in [0.2, 0.25) is 0 Å². The standard InChI is InChI=1S/C24H36N4O2/c1-17-13-18(2)21-15-19(23(29)26-22(21)14-17)16-28(12-8-11-27(3)4)24(30)25-20-9-6-5-7-10-20/h13-15,20H,5-12,16H2,1-4H3,(H,25,30)(H,26,29). The monoisotopic (exact) mass is 412 g/mol. The van der Waals surface area contributed by atoms with Crippen molar-refractivity contribution in [3.05, 3.63) is 45.2 Å². The molecule has 0 saturated heterocycles. The van der Waals surface area contributed by atoms with E-state index in [1.54, 1.807) is 4.90 Å². The Morgan fingerprint density at radius 3 is 2.53 bits per heavy atom. The van der Waals surface area contributed by atoms with Crippen LogP contribution >= 0.6 is 0 Å². The lowest BCUT2D eigenvalue weighted by atomic mass is 9.96. The van der Waals surface area contributed by atoms with Crippen LogP contribution in [0.15, 0.2) is 23.0 Å². The Morgan fingerprint density at radius 2 is 1.83 bits per heavy atom. The maximum atomic E-state index is 13.1. The third-order valence-corrected chi connectivity index (χ3v) is 6.00. The molecule has 1 heterocycles. The zero-order valence-corrected chi connectivity index (χ0v) is 18.9. The second-order valence-corrected chi connectivity index (χ2v) is 9.03. The SMILES string of the molecule is Cc1cc(C)c2cc(CN(CCCN(C)C)C(=O)NC3CCCCC3)c(=O)[nH]c2c1. The lowest BCUT2D eigenvalue weighted by molar-refractivity contribution is 0.184. The van der Waals surface area contributed by atoms with Gasteiger partial charge in [-0.15, -0.1) is 0 Å². The Hall–Kier alpha value is -2.34. The molecule has 1 aliphatic carbocycles. The largest absolute Gasteiger partial charge is 0.335 e. The number of pyridine rings is 1. The number of nitrogens with one attached hydrogen (secondary N) is 2. The minimum absolute atomic E-state index is 0.0548. The number of carbonyl (C=O) groups is 1. The lowest BCUT2D eigenvalue weighted by Crippen LogP contribution is -2.46. The Morgan fingerprint density at radius 1 is 1.10 bits per heavy atom. The number of amides is 2. The number of urea groups is 1. The van der Waals surface area contributed by atoms with Crippen molar-refractivity contribution in [2.45, 2.75) is 65.0 Å². The van der Waals surface area contributed by atoms with Crippen molar-refractivity contribution in [3.63, 3.8) is 0 Å². The molecule has 2 aromatic rings. The van der Waals surface area contributed by atoms with Gasteiger partial charge in [-0.25, -0.2) is 4.79 Å². The highest BCUT2D eigenvalue weighted by Gasteiger charge is 2.21. The number of aromatic amines is 1. The zero-order valence-electron chi connectivity index (χ0n) is 18.9. The number of benzene rings is 1. The Kier molecular flexibility index (Phi) is 7.53. The number of fused-ring (bicyclic) bond motifs is 1. The van der Waals surface area contributed by atoms with Gasteiger partial charge in [-0.3, -0.25) is 4.79 Å². The van der Waals surface area contributed by atoms with Gasteiger partial charge in [0.25, 0.3) is 5.56 Å². The van der Waals surface area contributed by atoms with E-state index in [4.69, 9.17) is 0 Å². The summed E-state index contributed by atoms with van der Waals surface area (Å²) >= 11 is 0. The summed E-state index contributed by atoms with van der Waals surface area (Å²) in [6.45, 7) is 5.94. The molecular weight excluding hydrogens is 376 g/mol. The molecule has 0 bridgehead atoms. The van der Waals surface area contributed by atoms with Crippen molar-refractivity contribution in [3.8, 4) is 0 Å². The van der Waals surface area contributed by atoms with E-state index in [-0.39, 0.29) is 17.6 Å². The van der Waals surface area contributed by atoms with Gasteiger partial charge < -0.3 is 20.1 Å². The zero-order chi connectivity index (χ0) is 21.7. The molecule has 0 atom stereocenters. The van der Waals surface area contributed by atoms with E-state index in [9.17, 15) is 9.59 Å². The maximum Gasteiger partial charge on any atom is 0.317 e. The molecule has 3 rings (SSSR count). The molecule has 2 N–H and O–H groups in total. The van der Waals surface area contributed by atoms with E-state index in [1.165, 1.54) is 19.3 Å². The van der Waals surface area contributed by atoms with Crippen molar-refractivity contribution < 1.29 is 4.79 Å². The van der Waals surface area contributed by atoms with E-state index in [2.05, 4.69) is 28.2 Å². The molecule has 1 aromatic carbocycles. The van der Waals surface area contributed by atoms with Gasteiger partial charge in [0.2, 0.25) is 0 Å². The molecule has 2 amide bonds. The quantitative estimate of drug-likeness (QED) is 0.724. The number of rotatable bonds is 7. The molecular formula is C24H36N4O2. The van der Waals surface area contributed by atoms with Crippen LogP contribution < -0.4 is 10.9 Å². The topological polar surface area (TPSA) is 68.4 Å². The highest BCUT2D eigenvalue weighted by molar-refractivity contribution is 5.83. The molecule has 1 aliphatic rings. The van der Waals surface area contributed by atoms with E-state index < -0.39 is 0 Å². The number of aryl methyl sites for hydroxylation is 2. The summed E-state index contributed by atoms with van der Waals surface area (Å²) in [5, 5.41) is 4.25. The van der Waals surface area contributed by atoms with Crippen LogP contribution in [0.1, 0.15) is 55.2 Å². The number of H-pyrrole nitrogens is 1. The first-order valence-electron chi connectivity index (χ1n) is 11.2. The number of hydrogen-bond donors (Lipinski definition) is 2. The molecule has 164 valence electrons. The second kappa shape index (κ2) is 10.1. The average Bonchev–Trinajstić information content (AvgIpc) is 2.68. The third kappa shape index (κ3) is 5.85. The highest BCUT2D eigenvalue weighted by Crippen LogP contribution is 2.20. The smallest absolute Gasteiger partial charge is 0.317 e. The normalized spacial score (nSPS) is 15.0. The van der Waals surface area contributed by atoms with Gasteiger partial charge in [0.15, 0.2) is 0 Å². The predicted molar refractivity (Wildman–Crippen MR) is 123 cm³/mol. The van der Waals surface area contributed by atoms with Crippen molar-refractivity contribution in [1.29, 1.82) is 0 Å². The van der Waals surface area contributed by atoms with E-state index >= 15 is 0 Å². The van der Waals surface area contributed by atoms with Crippen LogP contribution in [0.3, 0.4) is 0 Å². The summed E-state index contributed by atoms with van der Waals surface area (Å²) in [4.78, 5) is 32.8. The summed E-state index contributed by atoms with van der Waals surface area (Å²) in [5.41, 5.74) is 3.63. The van der Waals surface area contributed by atoms with Gasteiger partial charge in [-0.2, -0.15) is 0 Å². The van der Waals surface area contributed by atoms with Crippen molar-refractivity contribution in [2.24, 2.45) is 0 Å². The van der Waals surface area contributed by atoms with Crippen LogP contribution in [0.5, 0.6) is 0 Å². The van der Waals surface area contributed by atoms with E-state index in [0.717, 1.165) is 47.8 Å². The molecule has 6 heteroatoms. The fourth-order valence-corrected chi connectivity index (χ4v) is 4.38. The van der Waals surface area contributed by atoms with Gasteiger partial charge in [0.05, 0.1) is 6.54 Å². The summed E-state index contributed by atoms with van der Waals surface area (Å²) < 4.78 is 0. The predicted octanol–water partition coefficient (Wildman–Crippen LogP) is 3.94. The first-order valence-corrected chi connectivity index (χ1v) is 11.2. The van der Waals surface area contributed by atoms with E-state index in [1.807, 2.05) is 33.2 Å². The Bertz CT molecular complexity index is 929. The molecule has 6 nitrogen and oxygen atoms in total. The first-order chi connectivity index (χ1) is 14.3. The number of hydrogen-bond acceptors (Lipinski definition) is 3. The molecule has 1 saturated carbocycles. The van der Waals surface area contributed by atoms with Gasteiger partial charge in [0, 0.05) is 29.1 Å². The molecule has 0 aliphatic heterocycles. The highest BCUT2D eigenvalue weighted by atomic mass is 16.2. The van der Waals surface area contributed by atoms with Crippen LogP contribution in [0.4, 0.5) is 4.79 Å². The molecule has 0 spiro atoms. The second-order valence-electron chi connectivity index (χ2n) is 9.03. The van der Waals surface area contributed by atoms with Crippen LogP contribution in [0.25, 0.3) is 10.9 Å². The molecule has 1 aromatic heterocycles. The Balaban J connectivity index is 1.81. The maximum absolute atomic E-state index is 13.1. The van der Waals surface area contributed by atoms with Crippen LogP contribution in [0, 0.1) is 13.8 Å². The first kappa shape index (κ1) is 22.3. The van der Waals surface area contributed by atoms with Gasteiger partial charge in [-0.05, 0) is 77.0 Å². The number of aromatic nitrogens is 1. The summed E-state index contributed by atoms with van der Waals surface area (Å²) in [6, 6.07) is 6.27. The van der Waals surface area contributed by atoms with Gasteiger partial charge >= 0.3 is 6.03 Å². The van der Waals surface area contributed by atoms with Crippen LogP contribution in [-0.4, -0.2) is 54.0 Å².